The van der Waals surface area contributed by atoms with Crippen LogP contribution in [0.15, 0.2) is 53.4 Å². The van der Waals surface area contributed by atoms with Crippen LogP contribution in [0.4, 0.5) is 0 Å². The van der Waals surface area contributed by atoms with E-state index in [1.165, 1.54) is 0 Å². The summed E-state index contributed by atoms with van der Waals surface area (Å²) < 4.78 is 13.4. The highest BCUT2D eigenvalue weighted by atomic mass is 32.1. The average molecular weight is 369 g/mol. The number of hydrogen-bond acceptors (Lipinski definition) is 5. The minimum atomic E-state index is -0.663. The van der Waals surface area contributed by atoms with Gasteiger partial charge in [0.1, 0.15) is 6.10 Å². The largest absolute Gasteiger partial charge is 0.482 e. The molecule has 7 heteroatoms. The molecule has 2 unspecified atom stereocenters. The second-order valence-electron chi connectivity index (χ2n) is 6.08. The third kappa shape index (κ3) is 3.43. The van der Waals surface area contributed by atoms with Crippen LogP contribution in [0.5, 0.6) is 11.5 Å². The molecule has 1 amide bonds. The SMILES string of the molecule is CC1Oc2ccccc2OC1C(=O)NCCn1ccc(-c2ccsc2)n1. The van der Waals surface area contributed by atoms with Crippen molar-refractivity contribution >= 4 is 17.2 Å². The second kappa shape index (κ2) is 7.21. The van der Waals surface area contributed by atoms with E-state index in [1.807, 2.05) is 53.5 Å². The summed E-state index contributed by atoms with van der Waals surface area (Å²) >= 11 is 1.64. The van der Waals surface area contributed by atoms with Crippen molar-refractivity contribution in [2.75, 3.05) is 6.54 Å². The highest BCUT2D eigenvalue weighted by Crippen LogP contribution is 2.33. The number of nitrogens with one attached hydrogen (secondary N) is 1. The summed E-state index contributed by atoms with van der Waals surface area (Å²) in [5, 5.41) is 11.5. The number of rotatable bonds is 5. The summed E-state index contributed by atoms with van der Waals surface area (Å²) in [6, 6.07) is 11.4. The van der Waals surface area contributed by atoms with Crippen LogP contribution in [0.25, 0.3) is 11.3 Å². The van der Waals surface area contributed by atoms with Gasteiger partial charge in [-0.1, -0.05) is 12.1 Å². The van der Waals surface area contributed by atoms with Gasteiger partial charge in [-0.15, -0.1) is 0 Å². The Balaban J connectivity index is 1.32. The molecule has 1 aliphatic heterocycles. The van der Waals surface area contributed by atoms with Gasteiger partial charge in [-0.2, -0.15) is 16.4 Å². The van der Waals surface area contributed by atoms with Gasteiger partial charge in [-0.3, -0.25) is 9.48 Å². The quantitative estimate of drug-likeness (QED) is 0.751. The fraction of sp³-hybridized carbons (Fsp3) is 0.263. The van der Waals surface area contributed by atoms with Crippen molar-refractivity contribution in [1.29, 1.82) is 0 Å². The topological polar surface area (TPSA) is 65.4 Å². The van der Waals surface area contributed by atoms with Crippen molar-refractivity contribution < 1.29 is 14.3 Å². The maximum atomic E-state index is 12.5. The fourth-order valence-electron chi connectivity index (χ4n) is 2.85. The number of para-hydroxylation sites is 2. The molecule has 0 bridgehead atoms. The zero-order valence-electron chi connectivity index (χ0n) is 14.3. The molecule has 3 heterocycles. The molecule has 1 aliphatic rings. The van der Waals surface area contributed by atoms with Crippen LogP contribution in [0.1, 0.15) is 6.92 Å². The van der Waals surface area contributed by atoms with Gasteiger partial charge in [0.25, 0.3) is 5.91 Å². The lowest BCUT2D eigenvalue weighted by molar-refractivity contribution is -0.133. The van der Waals surface area contributed by atoms with E-state index < -0.39 is 6.10 Å². The summed E-state index contributed by atoms with van der Waals surface area (Å²) in [5.41, 5.74) is 2.05. The predicted molar refractivity (Wildman–Crippen MR) is 99.5 cm³/mol. The highest BCUT2D eigenvalue weighted by Gasteiger charge is 2.33. The summed E-state index contributed by atoms with van der Waals surface area (Å²) in [7, 11) is 0. The number of thiophene rings is 1. The Kier molecular flexibility index (Phi) is 4.62. The van der Waals surface area contributed by atoms with Gasteiger partial charge in [0.15, 0.2) is 11.5 Å². The van der Waals surface area contributed by atoms with Gasteiger partial charge in [-0.25, -0.2) is 0 Å². The third-order valence-electron chi connectivity index (χ3n) is 4.20. The molecule has 2 atom stereocenters. The molecule has 0 spiro atoms. The number of nitrogens with zero attached hydrogens (tertiary/aromatic N) is 2. The van der Waals surface area contributed by atoms with E-state index in [1.54, 1.807) is 17.4 Å². The van der Waals surface area contributed by atoms with Gasteiger partial charge in [0.2, 0.25) is 6.10 Å². The number of aromatic nitrogens is 2. The smallest absolute Gasteiger partial charge is 0.265 e. The average Bonchev–Trinajstić information content (AvgIpc) is 3.32. The minimum Gasteiger partial charge on any atom is -0.482 e. The highest BCUT2D eigenvalue weighted by molar-refractivity contribution is 7.08. The monoisotopic (exact) mass is 369 g/mol. The molecule has 6 nitrogen and oxygen atoms in total. The number of amides is 1. The first-order chi connectivity index (χ1) is 12.7. The first-order valence-electron chi connectivity index (χ1n) is 8.47. The molecule has 1 N–H and O–H groups in total. The lowest BCUT2D eigenvalue weighted by atomic mass is 10.1. The van der Waals surface area contributed by atoms with Crippen molar-refractivity contribution in [3.63, 3.8) is 0 Å². The minimum absolute atomic E-state index is 0.183. The fourth-order valence-corrected chi connectivity index (χ4v) is 3.50. The van der Waals surface area contributed by atoms with Crippen molar-refractivity contribution in [2.45, 2.75) is 25.7 Å². The zero-order chi connectivity index (χ0) is 17.9. The molecule has 0 saturated heterocycles. The van der Waals surface area contributed by atoms with Crippen LogP contribution in [-0.4, -0.2) is 34.4 Å². The van der Waals surface area contributed by atoms with Gasteiger partial charge >= 0.3 is 0 Å². The standard InChI is InChI=1S/C19H19N3O3S/c1-13-18(25-17-5-3-2-4-16(17)24-13)19(23)20-8-10-22-9-6-15(21-22)14-7-11-26-12-14/h2-7,9,11-13,18H,8,10H2,1H3,(H,20,23). The molecule has 0 fully saturated rings. The van der Waals surface area contributed by atoms with Gasteiger partial charge in [0, 0.05) is 23.7 Å². The number of carbonyl (C=O) groups excluding carboxylic acids is 1. The van der Waals surface area contributed by atoms with Crippen molar-refractivity contribution in [2.24, 2.45) is 0 Å². The zero-order valence-corrected chi connectivity index (χ0v) is 15.1. The van der Waals surface area contributed by atoms with E-state index in [2.05, 4.69) is 15.8 Å². The molecular formula is C19H19N3O3S. The Labute approximate surface area is 155 Å². The molecule has 0 saturated carbocycles. The number of carbonyl (C=O) groups is 1. The van der Waals surface area contributed by atoms with E-state index in [-0.39, 0.29) is 12.0 Å². The molecule has 0 radical (unpaired) electrons. The van der Waals surface area contributed by atoms with Crippen LogP contribution >= 0.6 is 11.3 Å². The Hall–Kier alpha value is -2.80. The van der Waals surface area contributed by atoms with Crippen LogP contribution in [0, 0.1) is 0 Å². The van der Waals surface area contributed by atoms with Crippen LogP contribution in [-0.2, 0) is 11.3 Å². The number of hydrogen-bond donors (Lipinski definition) is 1. The molecule has 134 valence electrons. The van der Waals surface area contributed by atoms with Crippen molar-refractivity contribution in [3.8, 4) is 22.8 Å². The van der Waals surface area contributed by atoms with Gasteiger partial charge in [0.05, 0.1) is 12.2 Å². The third-order valence-corrected chi connectivity index (χ3v) is 4.88. The second-order valence-corrected chi connectivity index (χ2v) is 6.86. The number of benzene rings is 1. The summed E-state index contributed by atoms with van der Waals surface area (Å²) in [5.74, 6) is 1.08. The Bertz CT molecular complexity index is 891. The summed E-state index contributed by atoms with van der Waals surface area (Å²) in [4.78, 5) is 12.5. The molecule has 3 aromatic rings. The molecular weight excluding hydrogens is 350 g/mol. The first kappa shape index (κ1) is 16.7. The molecule has 0 aliphatic carbocycles. The Morgan fingerprint density at radius 1 is 1.23 bits per heavy atom. The van der Waals surface area contributed by atoms with E-state index in [0.29, 0.717) is 24.6 Å². The van der Waals surface area contributed by atoms with E-state index in [9.17, 15) is 4.79 Å². The Morgan fingerprint density at radius 3 is 2.81 bits per heavy atom. The number of fused-ring (bicyclic) bond motifs is 1. The lowest BCUT2D eigenvalue weighted by Crippen LogP contribution is -2.49. The molecule has 26 heavy (non-hydrogen) atoms. The van der Waals surface area contributed by atoms with E-state index in [0.717, 1.165) is 11.3 Å². The van der Waals surface area contributed by atoms with E-state index >= 15 is 0 Å². The van der Waals surface area contributed by atoms with Crippen LogP contribution in [0.3, 0.4) is 0 Å². The van der Waals surface area contributed by atoms with Gasteiger partial charge < -0.3 is 14.8 Å². The summed E-state index contributed by atoms with van der Waals surface area (Å²) in [6.07, 6.45) is 0.904. The molecule has 2 aromatic heterocycles. The van der Waals surface area contributed by atoms with Crippen LogP contribution < -0.4 is 14.8 Å². The predicted octanol–water partition coefficient (Wildman–Crippen LogP) is 2.96. The molecule has 4 rings (SSSR count). The first-order valence-corrected chi connectivity index (χ1v) is 9.41. The Morgan fingerprint density at radius 2 is 2.04 bits per heavy atom. The van der Waals surface area contributed by atoms with Crippen molar-refractivity contribution in [1.82, 2.24) is 15.1 Å². The summed E-state index contributed by atoms with van der Waals surface area (Å²) in [6.45, 7) is 2.90. The van der Waals surface area contributed by atoms with E-state index in [4.69, 9.17) is 9.47 Å². The normalized spacial score (nSPS) is 18.5. The van der Waals surface area contributed by atoms with Crippen LogP contribution in [0.2, 0.25) is 0 Å². The van der Waals surface area contributed by atoms with Crippen molar-refractivity contribution in [3.05, 3.63) is 53.4 Å². The maximum Gasteiger partial charge on any atom is 0.265 e. The van der Waals surface area contributed by atoms with Gasteiger partial charge in [-0.05, 0) is 36.6 Å². The lowest BCUT2D eigenvalue weighted by Gasteiger charge is -2.31. The number of ether oxygens (including phenoxy) is 2. The molecule has 1 aromatic carbocycles. The maximum absolute atomic E-state index is 12.5.